The molecule has 1 fully saturated rings. The number of rotatable bonds is 2. The minimum Gasteiger partial charge on any atom is -0.478 e. The monoisotopic (exact) mass is 255 g/mol. The number of halogens is 1. The third-order valence-corrected chi connectivity index (χ3v) is 2.91. The molecule has 0 aromatic heterocycles. The molecule has 17 heavy (non-hydrogen) atoms. The van der Waals surface area contributed by atoms with Crippen molar-refractivity contribution in [1.82, 2.24) is 0 Å². The Morgan fingerprint density at radius 3 is 2.71 bits per heavy atom. The van der Waals surface area contributed by atoms with Gasteiger partial charge in [0.25, 0.3) is 0 Å². The van der Waals surface area contributed by atoms with Gasteiger partial charge in [0.05, 0.1) is 35.3 Å². The van der Waals surface area contributed by atoms with Gasteiger partial charge < -0.3 is 15.1 Å². The van der Waals surface area contributed by atoms with Crippen LogP contribution in [0.2, 0.25) is 5.02 Å². The lowest BCUT2D eigenvalue weighted by Crippen LogP contribution is -2.25. The molecular weight excluding hydrogens is 246 g/mol. The van der Waals surface area contributed by atoms with E-state index in [1.807, 2.05) is 0 Å². The number of nitrogens with zero attached hydrogens (tertiary/aromatic N) is 1. The van der Waals surface area contributed by atoms with E-state index in [9.17, 15) is 14.7 Å². The van der Waals surface area contributed by atoms with Crippen molar-refractivity contribution in [3.63, 3.8) is 0 Å². The standard InChI is InChI=1S/C11H10ClNO4/c12-8-2-1-6(11(16)17)3-9(8)13-5-7(14)4-10(13)15/h1-3,7,14H,4-5H2,(H,16,17). The lowest BCUT2D eigenvalue weighted by atomic mass is 10.2. The molecule has 1 aliphatic heterocycles. The molecule has 0 aliphatic carbocycles. The van der Waals surface area contributed by atoms with Gasteiger partial charge >= 0.3 is 5.97 Å². The number of benzene rings is 1. The zero-order valence-corrected chi connectivity index (χ0v) is 9.52. The Balaban J connectivity index is 2.41. The fourth-order valence-electron chi connectivity index (χ4n) is 1.77. The Kier molecular flexibility index (Phi) is 3.04. The second kappa shape index (κ2) is 4.35. The van der Waals surface area contributed by atoms with E-state index in [1.54, 1.807) is 0 Å². The summed E-state index contributed by atoms with van der Waals surface area (Å²) in [7, 11) is 0. The number of amides is 1. The third-order valence-electron chi connectivity index (χ3n) is 2.59. The molecule has 6 heteroatoms. The summed E-state index contributed by atoms with van der Waals surface area (Å²) < 4.78 is 0. The predicted octanol–water partition coefficient (Wildman–Crippen LogP) is 1.14. The largest absolute Gasteiger partial charge is 0.478 e. The maximum absolute atomic E-state index is 11.6. The van der Waals surface area contributed by atoms with Crippen LogP contribution in [0.1, 0.15) is 16.8 Å². The molecule has 1 aromatic rings. The van der Waals surface area contributed by atoms with Crippen molar-refractivity contribution < 1.29 is 19.8 Å². The SMILES string of the molecule is O=C(O)c1ccc(Cl)c(N2CC(O)CC2=O)c1. The van der Waals surface area contributed by atoms with Crippen LogP contribution < -0.4 is 4.90 Å². The molecule has 1 amide bonds. The van der Waals surface area contributed by atoms with Gasteiger partial charge in [-0.3, -0.25) is 4.79 Å². The van der Waals surface area contributed by atoms with Gasteiger partial charge in [0.2, 0.25) is 5.91 Å². The van der Waals surface area contributed by atoms with Gasteiger partial charge in [-0.05, 0) is 18.2 Å². The first-order valence-corrected chi connectivity index (χ1v) is 5.38. The molecule has 1 atom stereocenters. The molecule has 1 saturated heterocycles. The van der Waals surface area contributed by atoms with E-state index in [0.717, 1.165) is 0 Å². The van der Waals surface area contributed by atoms with Gasteiger partial charge in [-0.1, -0.05) is 11.6 Å². The van der Waals surface area contributed by atoms with Crippen LogP contribution in [0, 0.1) is 0 Å². The van der Waals surface area contributed by atoms with Crippen molar-refractivity contribution in [2.24, 2.45) is 0 Å². The number of aliphatic hydroxyl groups is 1. The number of hydrogen-bond acceptors (Lipinski definition) is 3. The molecule has 90 valence electrons. The number of β-amino-alcohol motifs (C(OH)–C–C–N with tert-alkyl or cyclic N) is 1. The van der Waals surface area contributed by atoms with Crippen LogP contribution in [-0.4, -0.2) is 34.7 Å². The minimum absolute atomic E-state index is 0.0353. The van der Waals surface area contributed by atoms with Gasteiger partial charge in [0.15, 0.2) is 0 Å². The number of carboxylic acid groups (broad SMARTS) is 1. The van der Waals surface area contributed by atoms with E-state index in [2.05, 4.69) is 0 Å². The average Bonchev–Trinajstić information content (AvgIpc) is 2.58. The quantitative estimate of drug-likeness (QED) is 0.831. The first-order chi connectivity index (χ1) is 7.99. The summed E-state index contributed by atoms with van der Waals surface area (Å²) in [5.74, 6) is -1.35. The number of hydrogen-bond donors (Lipinski definition) is 2. The zero-order chi connectivity index (χ0) is 12.6. The van der Waals surface area contributed by atoms with Crippen molar-refractivity contribution >= 4 is 29.2 Å². The van der Waals surface area contributed by atoms with Gasteiger partial charge in [0, 0.05) is 0 Å². The molecule has 0 saturated carbocycles. The Morgan fingerprint density at radius 1 is 1.47 bits per heavy atom. The molecule has 1 aromatic carbocycles. The third kappa shape index (κ3) is 2.25. The number of carbonyl (C=O) groups is 2. The predicted molar refractivity (Wildman–Crippen MR) is 61.4 cm³/mol. The molecule has 0 radical (unpaired) electrons. The molecule has 0 spiro atoms. The summed E-state index contributed by atoms with van der Waals surface area (Å²) in [5, 5.41) is 18.5. The summed E-state index contributed by atoms with van der Waals surface area (Å²) >= 11 is 5.93. The fourth-order valence-corrected chi connectivity index (χ4v) is 1.99. The van der Waals surface area contributed by atoms with E-state index >= 15 is 0 Å². The number of anilines is 1. The van der Waals surface area contributed by atoms with Crippen molar-refractivity contribution in [1.29, 1.82) is 0 Å². The van der Waals surface area contributed by atoms with Crippen LogP contribution in [-0.2, 0) is 4.79 Å². The van der Waals surface area contributed by atoms with Crippen LogP contribution in [0.5, 0.6) is 0 Å². The second-order valence-corrected chi connectivity index (χ2v) is 4.24. The fraction of sp³-hybridized carbons (Fsp3) is 0.273. The highest BCUT2D eigenvalue weighted by Gasteiger charge is 2.30. The Hall–Kier alpha value is -1.59. The average molecular weight is 256 g/mol. The van der Waals surface area contributed by atoms with Gasteiger partial charge in [0.1, 0.15) is 0 Å². The first-order valence-electron chi connectivity index (χ1n) is 5.00. The summed E-state index contributed by atoms with van der Waals surface area (Å²) in [4.78, 5) is 23.7. The highest BCUT2D eigenvalue weighted by Crippen LogP contribution is 2.30. The van der Waals surface area contributed by atoms with E-state index in [-0.39, 0.29) is 29.5 Å². The van der Waals surface area contributed by atoms with E-state index in [0.29, 0.717) is 5.69 Å². The molecule has 2 N–H and O–H groups in total. The zero-order valence-electron chi connectivity index (χ0n) is 8.76. The number of carbonyl (C=O) groups excluding carboxylic acids is 1. The summed E-state index contributed by atoms with van der Waals surface area (Å²) in [6.07, 6.45) is -0.694. The van der Waals surface area contributed by atoms with Crippen LogP contribution >= 0.6 is 11.6 Å². The van der Waals surface area contributed by atoms with Crippen molar-refractivity contribution in [2.75, 3.05) is 11.4 Å². The molecule has 0 bridgehead atoms. The molecular formula is C11H10ClNO4. The number of carboxylic acids is 1. The molecule has 2 rings (SSSR count). The maximum atomic E-state index is 11.6. The van der Waals surface area contributed by atoms with Crippen LogP contribution in [0.3, 0.4) is 0 Å². The maximum Gasteiger partial charge on any atom is 0.335 e. The van der Waals surface area contributed by atoms with Crippen molar-refractivity contribution in [2.45, 2.75) is 12.5 Å². The van der Waals surface area contributed by atoms with Gasteiger partial charge in [-0.2, -0.15) is 0 Å². The number of aliphatic hydroxyl groups excluding tert-OH is 1. The van der Waals surface area contributed by atoms with Crippen LogP contribution in [0.15, 0.2) is 18.2 Å². The van der Waals surface area contributed by atoms with Gasteiger partial charge in [-0.25, -0.2) is 4.79 Å². The number of aromatic carboxylic acids is 1. The normalized spacial score (nSPS) is 19.8. The molecule has 1 aliphatic rings. The summed E-state index contributed by atoms with van der Waals surface area (Å²) in [6.45, 7) is 0.141. The van der Waals surface area contributed by atoms with E-state index < -0.39 is 12.1 Å². The lowest BCUT2D eigenvalue weighted by Gasteiger charge is -2.17. The second-order valence-electron chi connectivity index (χ2n) is 3.83. The lowest BCUT2D eigenvalue weighted by molar-refractivity contribution is -0.117. The highest BCUT2D eigenvalue weighted by molar-refractivity contribution is 6.34. The van der Waals surface area contributed by atoms with E-state index in [1.165, 1.54) is 23.1 Å². The Morgan fingerprint density at radius 2 is 2.18 bits per heavy atom. The summed E-state index contributed by atoms with van der Waals surface area (Å²) in [6, 6.07) is 4.13. The van der Waals surface area contributed by atoms with Crippen molar-refractivity contribution in [3.05, 3.63) is 28.8 Å². The smallest absolute Gasteiger partial charge is 0.335 e. The Labute approximate surface area is 102 Å². The van der Waals surface area contributed by atoms with Crippen LogP contribution in [0.25, 0.3) is 0 Å². The molecule has 5 nitrogen and oxygen atoms in total. The Bertz CT molecular complexity index is 488. The minimum atomic E-state index is -1.09. The highest BCUT2D eigenvalue weighted by atomic mass is 35.5. The molecule has 1 heterocycles. The molecule has 1 unspecified atom stereocenters. The first kappa shape index (κ1) is 11.9. The van der Waals surface area contributed by atoms with Crippen LogP contribution in [0.4, 0.5) is 5.69 Å². The van der Waals surface area contributed by atoms with Crippen molar-refractivity contribution in [3.8, 4) is 0 Å². The topological polar surface area (TPSA) is 77.8 Å². The summed E-state index contributed by atoms with van der Waals surface area (Å²) in [5.41, 5.74) is 0.381. The van der Waals surface area contributed by atoms with E-state index in [4.69, 9.17) is 16.7 Å². The van der Waals surface area contributed by atoms with Gasteiger partial charge in [-0.15, -0.1) is 0 Å².